The summed E-state index contributed by atoms with van der Waals surface area (Å²) in [6.45, 7) is 1.75. The summed E-state index contributed by atoms with van der Waals surface area (Å²) in [6.07, 6.45) is 0.635. The molecule has 8 heteroatoms. The minimum absolute atomic E-state index is 0.318. The van der Waals surface area contributed by atoms with Crippen LogP contribution in [0.4, 0.5) is 0 Å². The Morgan fingerprint density at radius 1 is 0.656 bits per heavy atom. The molecule has 0 amide bonds. The van der Waals surface area contributed by atoms with Crippen molar-refractivity contribution in [3.05, 3.63) is 85.1 Å². The second-order valence-corrected chi connectivity index (χ2v) is 22.4. The second kappa shape index (κ2) is 9.10. The van der Waals surface area contributed by atoms with Crippen molar-refractivity contribution in [3.63, 3.8) is 0 Å². The third kappa shape index (κ3) is 4.37. The van der Waals surface area contributed by atoms with Crippen molar-refractivity contribution in [3.8, 4) is 0 Å². The van der Waals surface area contributed by atoms with Crippen molar-refractivity contribution < 1.29 is 9.47 Å². The van der Waals surface area contributed by atoms with Gasteiger partial charge in [-0.3, -0.25) is 0 Å². The van der Waals surface area contributed by atoms with E-state index >= 15 is 0 Å². The molecule has 0 aromatic heterocycles. The molecule has 0 aliphatic carbocycles. The summed E-state index contributed by atoms with van der Waals surface area (Å²) in [5.74, 6) is 2.61. The number of rotatable bonds is 4. The monoisotopic (exact) mass is 722 g/mol. The first-order valence-electron chi connectivity index (χ1n) is 10.5. The average molecular weight is 718 g/mol. The van der Waals surface area contributed by atoms with Crippen LogP contribution in [0.1, 0.15) is 34.5 Å². The van der Waals surface area contributed by atoms with Gasteiger partial charge in [-0.25, -0.2) is 0 Å². The molecule has 2 aromatic carbocycles. The summed E-state index contributed by atoms with van der Waals surface area (Å²) in [5.41, 5.74) is 5.55. The van der Waals surface area contributed by atoms with Gasteiger partial charge in [-0.2, -0.15) is 0 Å². The standard InChI is InChI=1S/C24H18O2S2Se4/c1-3-13(17-11-25-17)9-15(5-1)19-20(16-6-2-4-14(10-16)18-12-26-18)30-23(29-19)24-31-21-22(32-24)28-8-7-27-21/h1-6,9-10,17-18H,7-8,11-12H2. The van der Waals surface area contributed by atoms with Gasteiger partial charge in [-0.05, 0) is 0 Å². The number of benzene rings is 2. The maximum atomic E-state index is 5.59. The summed E-state index contributed by atoms with van der Waals surface area (Å²) < 4.78 is 21.7. The van der Waals surface area contributed by atoms with E-state index in [1.54, 1.807) is 16.6 Å². The SMILES string of the molecule is c1cc(C2=C(c3cccc(C4CO4)c3)[Se]C(=C3[Se]C4=C(SCCS4)[Se]3)[Se]2)cc(C2CO2)c1. The summed E-state index contributed by atoms with van der Waals surface area (Å²) in [7, 11) is 0. The van der Waals surface area contributed by atoms with Crippen molar-refractivity contribution in [2.45, 2.75) is 12.2 Å². The predicted octanol–water partition coefficient (Wildman–Crippen LogP) is 4.23. The second-order valence-electron chi connectivity index (χ2n) is 7.81. The summed E-state index contributed by atoms with van der Waals surface area (Å²) in [6, 6.07) is 18.4. The van der Waals surface area contributed by atoms with Gasteiger partial charge >= 0.3 is 224 Å². The zero-order valence-corrected chi connectivity index (χ0v) is 25.4. The van der Waals surface area contributed by atoms with E-state index in [0.717, 1.165) is 13.2 Å². The first-order valence-corrected chi connectivity index (χ1v) is 19.3. The molecule has 2 atom stereocenters. The van der Waals surface area contributed by atoms with E-state index in [2.05, 4.69) is 72.1 Å². The molecular weight excluding hydrogens is 700 g/mol. The first-order chi connectivity index (χ1) is 15.8. The van der Waals surface area contributed by atoms with Gasteiger partial charge in [0, 0.05) is 0 Å². The van der Waals surface area contributed by atoms with Gasteiger partial charge in [0.25, 0.3) is 0 Å². The van der Waals surface area contributed by atoms with Crippen LogP contribution in [0, 0.1) is 0 Å². The van der Waals surface area contributed by atoms with Crippen LogP contribution in [0.25, 0.3) is 8.94 Å². The van der Waals surface area contributed by atoms with Gasteiger partial charge < -0.3 is 0 Å². The van der Waals surface area contributed by atoms with E-state index in [0.29, 0.717) is 72.0 Å². The van der Waals surface area contributed by atoms with Gasteiger partial charge in [-0.1, -0.05) is 0 Å². The molecule has 2 nitrogen and oxygen atoms in total. The van der Waals surface area contributed by atoms with E-state index in [1.807, 2.05) is 6.74 Å². The fourth-order valence-corrected chi connectivity index (χ4v) is 25.2. The fourth-order valence-electron chi connectivity index (χ4n) is 3.81. The van der Waals surface area contributed by atoms with Gasteiger partial charge in [-0.15, -0.1) is 0 Å². The fraction of sp³-hybridized carbons (Fsp3) is 0.250. The molecule has 5 aliphatic rings. The molecule has 2 fully saturated rings. The van der Waals surface area contributed by atoms with E-state index in [9.17, 15) is 0 Å². The normalized spacial score (nSPS) is 26.8. The minimum atomic E-state index is 0.318. The molecule has 0 saturated carbocycles. The van der Waals surface area contributed by atoms with Crippen molar-refractivity contribution in [2.24, 2.45) is 0 Å². The number of hydrogen-bond donors (Lipinski definition) is 0. The van der Waals surface area contributed by atoms with E-state index in [4.69, 9.17) is 9.47 Å². The Kier molecular flexibility index (Phi) is 6.15. The summed E-state index contributed by atoms with van der Waals surface area (Å²) in [4.78, 5) is 0. The predicted molar refractivity (Wildman–Crippen MR) is 139 cm³/mol. The molecule has 2 aromatic rings. The summed E-state index contributed by atoms with van der Waals surface area (Å²) >= 11 is 6.38. The number of ether oxygens (including phenoxy) is 2. The third-order valence-corrected chi connectivity index (χ3v) is 25.8. The Bertz CT molecular complexity index is 1120. The number of thioether (sulfide) groups is 2. The Morgan fingerprint density at radius 2 is 1.12 bits per heavy atom. The zero-order chi connectivity index (χ0) is 21.1. The van der Waals surface area contributed by atoms with Crippen LogP contribution in [0.3, 0.4) is 0 Å². The van der Waals surface area contributed by atoms with E-state index in [1.165, 1.54) is 33.8 Å². The molecule has 32 heavy (non-hydrogen) atoms. The number of epoxide rings is 2. The molecule has 0 radical (unpaired) electrons. The van der Waals surface area contributed by atoms with Crippen LogP contribution in [0.15, 0.2) is 62.9 Å². The Balaban J connectivity index is 1.28. The molecule has 5 heterocycles. The molecular formula is C24H18O2S2Se4. The maximum absolute atomic E-state index is 5.59. The van der Waals surface area contributed by atoms with Crippen molar-refractivity contribution >= 4 is 92.3 Å². The topological polar surface area (TPSA) is 25.1 Å². The Hall–Kier alpha value is 0.358. The van der Waals surface area contributed by atoms with Crippen LogP contribution < -0.4 is 0 Å². The molecule has 7 rings (SSSR count). The number of hydrogen-bond acceptors (Lipinski definition) is 4. The molecule has 2 saturated heterocycles. The molecule has 162 valence electrons. The van der Waals surface area contributed by atoms with Crippen LogP contribution in [-0.4, -0.2) is 84.5 Å². The molecule has 0 N–H and O–H groups in total. The molecule has 0 bridgehead atoms. The third-order valence-electron chi connectivity index (χ3n) is 5.56. The van der Waals surface area contributed by atoms with Gasteiger partial charge in [0.15, 0.2) is 0 Å². The first kappa shape index (κ1) is 21.6. The average Bonchev–Trinajstić information content (AvgIpc) is 3.77. The molecule has 0 spiro atoms. The van der Waals surface area contributed by atoms with Crippen molar-refractivity contribution in [1.29, 1.82) is 0 Å². The zero-order valence-electron chi connectivity index (χ0n) is 16.9. The van der Waals surface area contributed by atoms with E-state index < -0.39 is 0 Å². The van der Waals surface area contributed by atoms with Crippen molar-refractivity contribution in [2.75, 3.05) is 24.7 Å². The van der Waals surface area contributed by atoms with Crippen LogP contribution >= 0.6 is 23.5 Å². The van der Waals surface area contributed by atoms with Crippen molar-refractivity contribution in [1.82, 2.24) is 0 Å². The Labute approximate surface area is 221 Å². The Morgan fingerprint density at radius 3 is 1.59 bits per heavy atom. The van der Waals surface area contributed by atoms with Gasteiger partial charge in [0.2, 0.25) is 0 Å². The van der Waals surface area contributed by atoms with Gasteiger partial charge in [0.05, 0.1) is 0 Å². The molecule has 5 aliphatic heterocycles. The van der Waals surface area contributed by atoms with E-state index in [-0.39, 0.29) is 0 Å². The summed E-state index contributed by atoms with van der Waals surface area (Å²) in [5, 5.41) is 0. The quantitative estimate of drug-likeness (QED) is 0.350. The molecule has 2 unspecified atom stereocenters. The van der Waals surface area contributed by atoms with Gasteiger partial charge in [0.1, 0.15) is 0 Å². The van der Waals surface area contributed by atoms with Crippen LogP contribution in [0.5, 0.6) is 0 Å². The van der Waals surface area contributed by atoms with Crippen LogP contribution in [-0.2, 0) is 9.47 Å². The van der Waals surface area contributed by atoms with Crippen LogP contribution in [0.2, 0.25) is 0 Å².